The third-order valence-corrected chi connectivity index (χ3v) is 9.49. The number of hydrogen-bond acceptors (Lipinski definition) is 6. The Morgan fingerprint density at radius 3 is 2.33 bits per heavy atom. The number of anilines is 3. The van der Waals surface area contributed by atoms with E-state index < -0.39 is 15.9 Å². The summed E-state index contributed by atoms with van der Waals surface area (Å²) in [6.07, 6.45) is 0.131. The first kappa shape index (κ1) is 27.7. The third kappa shape index (κ3) is 5.55. The van der Waals surface area contributed by atoms with Crippen molar-refractivity contribution in [3.8, 4) is 5.75 Å². The smallest absolute Gasteiger partial charge is 0.243 e. The summed E-state index contributed by atoms with van der Waals surface area (Å²) in [6, 6.07) is 19.9. The van der Waals surface area contributed by atoms with Crippen LogP contribution in [0.25, 0.3) is 0 Å². The maximum Gasteiger partial charge on any atom is 0.243 e. The number of sulfonamides is 1. The number of para-hydroxylation sites is 2. The molecule has 10 heteroatoms. The van der Waals surface area contributed by atoms with E-state index in [0.29, 0.717) is 38.4 Å². The Hall–Kier alpha value is -3.89. The molecule has 1 unspecified atom stereocenters. The molecule has 3 aromatic carbocycles. The van der Waals surface area contributed by atoms with Crippen molar-refractivity contribution in [3.05, 3.63) is 77.9 Å². The number of piperazine rings is 1. The number of carbonyl (C=O) groups excluding carboxylic acids is 2. The van der Waals surface area contributed by atoms with Crippen LogP contribution in [0.15, 0.2) is 71.6 Å². The molecule has 2 aliphatic heterocycles. The van der Waals surface area contributed by atoms with E-state index >= 15 is 0 Å². The van der Waals surface area contributed by atoms with Crippen molar-refractivity contribution >= 4 is 38.9 Å². The molecule has 0 saturated carbocycles. The molecule has 0 bridgehead atoms. The molecular formula is C30H34N4O5S. The van der Waals surface area contributed by atoms with E-state index in [1.165, 1.54) is 16.4 Å². The minimum absolute atomic E-state index is 0.0823. The second-order valence-electron chi connectivity index (χ2n) is 10.3. The molecule has 3 aromatic rings. The molecule has 0 aliphatic carbocycles. The van der Waals surface area contributed by atoms with Crippen LogP contribution in [0.1, 0.15) is 17.5 Å². The van der Waals surface area contributed by atoms with Crippen molar-refractivity contribution in [3.63, 3.8) is 0 Å². The predicted molar refractivity (Wildman–Crippen MR) is 155 cm³/mol. The number of aryl methyl sites for hydroxylation is 2. The SMILES string of the molecule is COc1ccccc1N1CCN(S(=O)(=O)c2ccc(NC(=O)C3CC(=O)N(c4cc(C)ccc4C)C3)cc2)CC1. The number of methoxy groups -OCH3 is 1. The van der Waals surface area contributed by atoms with Crippen molar-refractivity contribution < 1.29 is 22.7 Å². The number of hydrogen-bond donors (Lipinski definition) is 1. The first-order valence-corrected chi connectivity index (χ1v) is 14.8. The molecule has 1 atom stereocenters. The highest BCUT2D eigenvalue weighted by atomic mass is 32.2. The number of rotatable bonds is 7. The summed E-state index contributed by atoms with van der Waals surface area (Å²) < 4.78 is 33.5. The Kier molecular flexibility index (Phi) is 7.82. The molecule has 9 nitrogen and oxygen atoms in total. The van der Waals surface area contributed by atoms with Gasteiger partial charge >= 0.3 is 0 Å². The van der Waals surface area contributed by atoms with Gasteiger partial charge in [-0.15, -0.1) is 0 Å². The zero-order chi connectivity index (χ0) is 28.4. The van der Waals surface area contributed by atoms with E-state index in [-0.39, 0.29) is 23.1 Å². The van der Waals surface area contributed by atoms with Crippen LogP contribution in [0.5, 0.6) is 5.75 Å². The van der Waals surface area contributed by atoms with Gasteiger partial charge in [-0.05, 0) is 67.4 Å². The minimum Gasteiger partial charge on any atom is -0.495 e. The van der Waals surface area contributed by atoms with Gasteiger partial charge in [0.2, 0.25) is 21.8 Å². The zero-order valence-electron chi connectivity index (χ0n) is 23.0. The quantitative estimate of drug-likeness (QED) is 0.470. The van der Waals surface area contributed by atoms with Crippen LogP contribution >= 0.6 is 0 Å². The lowest BCUT2D eigenvalue weighted by atomic mass is 10.1. The average Bonchev–Trinajstić information content (AvgIpc) is 3.36. The molecule has 2 fully saturated rings. The van der Waals surface area contributed by atoms with Gasteiger partial charge in [-0.3, -0.25) is 9.59 Å². The number of amides is 2. The maximum absolute atomic E-state index is 13.3. The van der Waals surface area contributed by atoms with Gasteiger partial charge in [0.15, 0.2) is 0 Å². The standard InChI is InChI=1S/C30H34N4O5S/c1-21-8-9-22(2)27(18-21)34-20-23(19-29(34)35)30(36)31-24-10-12-25(13-11-24)40(37,38)33-16-14-32(15-17-33)26-6-4-5-7-28(26)39-3/h4-13,18,23H,14-17,19-20H2,1-3H3,(H,31,36). The first-order valence-electron chi connectivity index (χ1n) is 13.3. The van der Waals surface area contributed by atoms with Crippen molar-refractivity contribution in [2.24, 2.45) is 5.92 Å². The van der Waals surface area contributed by atoms with Gasteiger partial charge < -0.3 is 19.9 Å². The maximum atomic E-state index is 13.3. The lowest BCUT2D eigenvalue weighted by Gasteiger charge is -2.35. The van der Waals surface area contributed by atoms with E-state index in [2.05, 4.69) is 10.2 Å². The van der Waals surface area contributed by atoms with Gasteiger partial charge in [-0.1, -0.05) is 24.3 Å². The number of nitrogens with one attached hydrogen (secondary N) is 1. The summed E-state index contributed by atoms with van der Waals surface area (Å²) >= 11 is 0. The third-order valence-electron chi connectivity index (χ3n) is 7.58. The Morgan fingerprint density at radius 1 is 0.925 bits per heavy atom. The Labute approximate surface area is 235 Å². The van der Waals surface area contributed by atoms with Crippen LogP contribution in [0, 0.1) is 19.8 Å². The molecule has 2 saturated heterocycles. The van der Waals surface area contributed by atoms with Crippen LogP contribution in [0.4, 0.5) is 17.1 Å². The fourth-order valence-corrected chi connectivity index (χ4v) is 6.71. The molecule has 40 heavy (non-hydrogen) atoms. The number of nitrogens with zero attached hydrogens (tertiary/aromatic N) is 3. The first-order chi connectivity index (χ1) is 19.2. The minimum atomic E-state index is -3.69. The van der Waals surface area contributed by atoms with Crippen LogP contribution in [0.2, 0.25) is 0 Å². The summed E-state index contributed by atoms with van der Waals surface area (Å²) in [5, 5.41) is 2.85. The van der Waals surface area contributed by atoms with E-state index in [1.807, 2.05) is 56.3 Å². The number of ether oxygens (including phenoxy) is 1. The highest BCUT2D eigenvalue weighted by molar-refractivity contribution is 7.89. The second kappa shape index (κ2) is 11.3. The van der Waals surface area contributed by atoms with Crippen LogP contribution < -0.4 is 19.9 Å². The molecule has 2 amide bonds. The van der Waals surface area contributed by atoms with Crippen molar-refractivity contribution in [1.29, 1.82) is 0 Å². The largest absolute Gasteiger partial charge is 0.495 e. The Balaban J connectivity index is 1.20. The summed E-state index contributed by atoms with van der Waals surface area (Å²) in [4.78, 5) is 29.7. The van der Waals surface area contributed by atoms with E-state index in [1.54, 1.807) is 24.1 Å². The second-order valence-corrected chi connectivity index (χ2v) is 12.2. The van der Waals surface area contributed by atoms with Gasteiger partial charge in [-0.2, -0.15) is 4.31 Å². The van der Waals surface area contributed by atoms with E-state index in [0.717, 1.165) is 28.3 Å². The van der Waals surface area contributed by atoms with Gasteiger partial charge in [0.1, 0.15) is 5.75 Å². The highest BCUT2D eigenvalue weighted by Gasteiger charge is 2.36. The van der Waals surface area contributed by atoms with E-state index in [9.17, 15) is 18.0 Å². The number of benzene rings is 3. The molecular weight excluding hydrogens is 528 g/mol. The highest BCUT2D eigenvalue weighted by Crippen LogP contribution is 2.31. The van der Waals surface area contributed by atoms with Gasteiger partial charge in [-0.25, -0.2) is 8.42 Å². The van der Waals surface area contributed by atoms with Crippen molar-refractivity contribution in [2.45, 2.75) is 25.2 Å². The monoisotopic (exact) mass is 562 g/mol. The lowest BCUT2D eigenvalue weighted by Crippen LogP contribution is -2.48. The average molecular weight is 563 g/mol. The van der Waals surface area contributed by atoms with Crippen LogP contribution in [0.3, 0.4) is 0 Å². The van der Waals surface area contributed by atoms with Crippen molar-refractivity contribution in [2.75, 3.05) is 55.0 Å². The summed E-state index contributed by atoms with van der Waals surface area (Å²) in [5.41, 5.74) is 4.30. The van der Waals surface area contributed by atoms with Gasteiger partial charge in [0.25, 0.3) is 0 Å². The molecule has 0 spiro atoms. The fraction of sp³-hybridized carbons (Fsp3) is 0.333. The Bertz CT molecular complexity index is 1520. The topological polar surface area (TPSA) is 99.3 Å². The van der Waals surface area contributed by atoms with Crippen LogP contribution in [-0.4, -0.2) is 64.4 Å². The molecule has 0 radical (unpaired) electrons. The predicted octanol–water partition coefficient (Wildman–Crippen LogP) is 3.81. The fourth-order valence-electron chi connectivity index (χ4n) is 5.29. The van der Waals surface area contributed by atoms with Gasteiger partial charge in [0, 0.05) is 50.5 Å². The van der Waals surface area contributed by atoms with E-state index in [4.69, 9.17) is 4.74 Å². The molecule has 210 valence electrons. The van der Waals surface area contributed by atoms with Gasteiger partial charge in [0.05, 0.1) is 23.6 Å². The number of carbonyl (C=O) groups is 2. The molecule has 5 rings (SSSR count). The molecule has 2 heterocycles. The molecule has 0 aromatic heterocycles. The summed E-state index contributed by atoms with van der Waals surface area (Å²) in [7, 11) is -2.06. The molecule has 1 N–H and O–H groups in total. The summed E-state index contributed by atoms with van der Waals surface area (Å²) in [6.45, 7) is 6.03. The van der Waals surface area contributed by atoms with Crippen molar-refractivity contribution in [1.82, 2.24) is 4.31 Å². The van der Waals surface area contributed by atoms with Crippen LogP contribution in [-0.2, 0) is 19.6 Å². The summed E-state index contributed by atoms with van der Waals surface area (Å²) in [5.74, 6) is -0.0722. The Morgan fingerprint density at radius 2 is 1.62 bits per heavy atom. The normalized spacial score (nSPS) is 18.2. The lowest BCUT2D eigenvalue weighted by molar-refractivity contribution is -0.122. The molecule has 2 aliphatic rings. The zero-order valence-corrected chi connectivity index (χ0v) is 23.8.